The van der Waals surface area contributed by atoms with Gasteiger partial charge in [-0.25, -0.2) is 4.79 Å². The second-order valence-corrected chi connectivity index (χ2v) is 5.86. The highest BCUT2D eigenvalue weighted by Gasteiger charge is 2.51. The molecule has 3 amide bonds. The predicted molar refractivity (Wildman–Crippen MR) is 73.8 cm³/mol. The number of hydrogen-bond acceptors (Lipinski definition) is 3. The number of nitrogens with one attached hydrogen (secondary N) is 2. The maximum atomic E-state index is 12.5. The molecule has 5 heteroatoms. The minimum absolute atomic E-state index is 0.000832. The third-order valence-corrected chi connectivity index (χ3v) is 4.36. The van der Waals surface area contributed by atoms with E-state index >= 15 is 0 Å². The summed E-state index contributed by atoms with van der Waals surface area (Å²) < 4.78 is 0. The Morgan fingerprint density at radius 2 is 2.05 bits per heavy atom. The van der Waals surface area contributed by atoms with Gasteiger partial charge in [-0.3, -0.25) is 9.69 Å². The molecular formula is C14H25N3O2. The number of nitrogens with zero attached hydrogens (tertiary/aromatic N) is 1. The number of carbonyl (C=O) groups excluding carboxylic acids is 2. The van der Waals surface area contributed by atoms with Gasteiger partial charge in [0, 0.05) is 6.54 Å². The van der Waals surface area contributed by atoms with Gasteiger partial charge in [0.05, 0.1) is 0 Å². The topological polar surface area (TPSA) is 61.4 Å². The van der Waals surface area contributed by atoms with Crippen LogP contribution >= 0.6 is 0 Å². The Morgan fingerprint density at radius 3 is 2.68 bits per heavy atom. The SMILES string of the molecule is CCNCCCN1C(=O)NC2(CCC(C)CC2)C1=O. The summed E-state index contributed by atoms with van der Waals surface area (Å²) in [6, 6.07) is -0.198. The highest BCUT2D eigenvalue weighted by Crippen LogP contribution is 2.36. The van der Waals surface area contributed by atoms with Crippen LogP contribution in [-0.4, -0.2) is 42.0 Å². The summed E-state index contributed by atoms with van der Waals surface area (Å²) in [4.78, 5) is 25.9. The molecule has 0 aromatic heterocycles. The third kappa shape index (κ3) is 2.91. The van der Waals surface area contributed by atoms with E-state index < -0.39 is 5.54 Å². The molecule has 0 aromatic rings. The molecule has 0 bridgehead atoms. The van der Waals surface area contributed by atoms with E-state index in [1.54, 1.807) is 0 Å². The molecule has 1 aliphatic carbocycles. The van der Waals surface area contributed by atoms with E-state index in [1.165, 1.54) is 4.90 Å². The second-order valence-electron chi connectivity index (χ2n) is 5.86. The molecule has 0 atom stereocenters. The number of imide groups is 1. The van der Waals surface area contributed by atoms with E-state index in [1.807, 2.05) is 6.92 Å². The Labute approximate surface area is 115 Å². The molecule has 5 nitrogen and oxygen atoms in total. The van der Waals surface area contributed by atoms with Crippen LogP contribution in [0.25, 0.3) is 0 Å². The fourth-order valence-electron chi connectivity index (χ4n) is 3.01. The Kier molecular flexibility index (Phi) is 4.45. The van der Waals surface area contributed by atoms with E-state index in [9.17, 15) is 9.59 Å². The van der Waals surface area contributed by atoms with E-state index in [2.05, 4.69) is 17.6 Å². The van der Waals surface area contributed by atoms with Crippen molar-refractivity contribution in [2.75, 3.05) is 19.6 Å². The normalized spacial score (nSPS) is 31.1. The van der Waals surface area contributed by atoms with Gasteiger partial charge in [-0.2, -0.15) is 0 Å². The van der Waals surface area contributed by atoms with Crippen LogP contribution in [0.2, 0.25) is 0 Å². The highest BCUT2D eigenvalue weighted by atomic mass is 16.2. The summed E-state index contributed by atoms with van der Waals surface area (Å²) in [6.07, 6.45) is 4.46. The highest BCUT2D eigenvalue weighted by molar-refractivity contribution is 6.07. The molecule has 1 spiro atoms. The molecule has 19 heavy (non-hydrogen) atoms. The fourth-order valence-corrected chi connectivity index (χ4v) is 3.01. The summed E-state index contributed by atoms with van der Waals surface area (Å²) in [5.41, 5.74) is -0.582. The number of rotatable bonds is 5. The van der Waals surface area contributed by atoms with Gasteiger partial charge in [0.1, 0.15) is 5.54 Å². The Morgan fingerprint density at radius 1 is 1.37 bits per heavy atom. The van der Waals surface area contributed by atoms with E-state index in [-0.39, 0.29) is 11.9 Å². The molecule has 0 unspecified atom stereocenters. The van der Waals surface area contributed by atoms with Crippen LogP contribution in [0, 0.1) is 5.92 Å². The van der Waals surface area contributed by atoms with Crippen molar-refractivity contribution < 1.29 is 9.59 Å². The van der Waals surface area contributed by atoms with Gasteiger partial charge in [-0.15, -0.1) is 0 Å². The van der Waals surface area contributed by atoms with Crippen LogP contribution in [0.4, 0.5) is 4.79 Å². The lowest BCUT2D eigenvalue weighted by atomic mass is 9.77. The van der Waals surface area contributed by atoms with Crippen molar-refractivity contribution in [3.8, 4) is 0 Å². The number of hydrogen-bond donors (Lipinski definition) is 2. The smallest absolute Gasteiger partial charge is 0.323 e. The maximum absolute atomic E-state index is 12.5. The monoisotopic (exact) mass is 267 g/mol. The van der Waals surface area contributed by atoms with E-state index in [0.29, 0.717) is 12.5 Å². The zero-order chi connectivity index (χ0) is 13.9. The van der Waals surface area contributed by atoms with Crippen molar-refractivity contribution in [1.29, 1.82) is 0 Å². The first kappa shape index (κ1) is 14.3. The second kappa shape index (κ2) is 5.90. The summed E-state index contributed by atoms with van der Waals surface area (Å²) in [5.74, 6) is 0.666. The minimum Gasteiger partial charge on any atom is -0.323 e. The third-order valence-electron chi connectivity index (χ3n) is 4.36. The molecule has 2 rings (SSSR count). The van der Waals surface area contributed by atoms with Gasteiger partial charge >= 0.3 is 6.03 Å². The number of amides is 3. The molecule has 0 radical (unpaired) electrons. The average Bonchev–Trinajstić information content (AvgIpc) is 2.62. The lowest BCUT2D eigenvalue weighted by molar-refractivity contribution is -0.132. The summed E-state index contributed by atoms with van der Waals surface area (Å²) in [5, 5.41) is 6.16. The van der Waals surface area contributed by atoms with Crippen LogP contribution < -0.4 is 10.6 Å². The van der Waals surface area contributed by atoms with Crippen LogP contribution in [0.3, 0.4) is 0 Å². The molecule has 108 valence electrons. The molecule has 1 aliphatic heterocycles. The molecule has 2 N–H and O–H groups in total. The quantitative estimate of drug-likeness (QED) is 0.586. The average molecular weight is 267 g/mol. The van der Waals surface area contributed by atoms with Gasteiger partial charge in [-0.1, -0.05) is 13.8 Å². The number of carbonyl (C=O) groups is 2. The fraction of sp³-hybridized carbons (Fsp3) is 0.857. The minimum atomic E-state index is -0.582. The van der Waals surface area contributed by atoms with Crippen LogP contribution in [0.1, 0.15) is 46.0 Å². The largest absolute Gasteiger partial charge is 0.325 e. The zero-order valence-corrected chi connectivity index (χ0v) is 12.0. The molecular weight excluding hydrogens is 242 g/mol. The zero-order valence-electron chi connectivity index (χ0n) is 12.0. The number of urea groups is 1. The first-order valence-electron chi connectivity index (χ1n) is 7.44. The van der Waals surface area contributed by atoms with Crippen molar-refractivity contribution in [3.63, 3.8) is 0 Å². The first-order chi connectivity index (χ1) is 9.09. The molecule has 1 heterocycles. The lowest BCUT2D eigenvalue weighted by Gasteiger charge is -2.33. The van der Waals surface area contributed by atoms with E-state index in [0.717, 1.165) is 45.2 Å². The van der Waals surface area contributed by atoms with Crippen molar-refractivity contribution in [2.24, 2.45) is 5.92 Å². The van der Waals surface area contributed by atoms with Gasteiger partial charge in [-0.05, 0) is 51.1 Å². The maximum Gasteiger partial charge on any atom is 0.325 e. The molecule has 1 saturated heterocycles. The Hall–Kier alpha value is -1.10. The molecule has 0 aromatic carbocycles. The van der Waals surface area contributed by atoms with Gasteiger partial charge in [0.25, 0.3) is 5.91 Å². The standard InChI is InChI=1S/C14H25N3O2/c1-3-15-9-4-10-17-12(18)14(16-13(17)19)7-5-11(2)6-8-14/h11,15H,3-10H2,1-2H3,(H,16,19). The Bertz CT molecular complexity index is 349. The molecule has 2 fully saturated rings. The van der Waals surface area contributed by atoms with Crippen molar-refractivity contribution in [3.05, 3.63) is 0 Å². The van der Waals surface area contributed by atoms with Crippen molar-refractivity contribution in [1.82, 2.24) is 15.5 Å². The molecule has 2 aliphatic rings. The van der Waals surface area contributed by atoms with Crippen LogP contribution in [0.5, 0.6) is 0 Å². The van der Waals surface area contributed by atoms with E-state index in [4.69, 9.17) is 0 Å². The molecule has 1 saturated carbocycles. The summed E-state index contributed by atoms with van der Waals surface area (Å²) >= 11 is 0. The summed E-state index contributed by atoms with van der Waals surface area (Å²) in [6.45, 7) is 6.54. The van der Waals surface area contributed by atoms with Gasteiger partial charge in [0.2, 0.25) is 0 Å². The van der Waals surface area contributed by atoms with Crippen LogP contribution in [0.15, 0.2) is 0 Å². The van der Waals surface area contributed by atoms with Crippen LogP contribution in [-0.2, 0) is 4.79 Å². The van der Waals surface area contributed by atoms with Crippen molar-refractivity contribution in [2.45, 2.75) is 51.5 Å². The predicted octanol–water partition coefficient (Wildman–Crippen LogP) is 1.49. The Balaban J connectivity index is 1.92. The van der Waals surface area contributed by atoms with Gasteiger partial charge in [0.15, 0.2) is 0 Å². The van der Waals surface area contributed by atoms with Gasteiger partial charge < -0.3 is 10.6 Å². The lowest BCUT2D eigenvalue weighted by Crippen LogP contribution is -2.49. The summed E-state index contributed by atoms with van der Waals surface area (Å²) in [7, 11) is 0. The first-order valence-corrected chi connectivity index (χ1v) is 7.44. The van der Waals surface area contributed by atoms with Crippen molar-refractivity contribution >= 4 is 11.9 Å².